The highest BCUT2D eigenvalue weighted by Gasteiger charge is 2.81. The van der Waals surface area contributed by atoms with Gasteiger partial charge in [-0.25, -0.2) is 0 Å². The van der Waals surface area contributed by atoms with Crippen LogP contribution >= 0.6 is 0 Å². The molecule has 0 bridgehead atoms. The third-order valence-electron chi connectivity index (χ3n) is 18.4. The van der Waals surface area contributed by atoms with Crippen molar-refractivity contribution in [2.45, 2.75) is 253 Å². The maximum Gasteiger partial charge on any atom is 0.302 e. The molecule has 0 aromatic carbocycles. The first-order valence-electron chi connectivity index (χ1n) is 25.6. The summed E-state index contributed by atoms with van der Waals surface area (Å²) in [5.41, 5.74) is -6.71. The summed E-state index contributed by atoms with van der Waals surface area (Å²) in [7, 11) is 6.48. The summed E-state index contributed by atoms with van der Waals surface area (Å²) in [6.07, 6.45) is -3.66. The van der Waals surface area contributed by atoms with E-state index in [4.69, 9.17) is 61.6 Å². The van der Waals surface area contributed by atoms with Crippen LogP contribution in [0.15, 0.2) is 11.6 Å². The van der Waals surface area contributed by atoms with Gasteiger partial charge >= 0.3 is 5.97 Å². The molecule has 4 heterocycles. The Morgan fingerprint density at radius 1 is 0.629 bits per heavy atom. The van der Waals surface area contributed by atoms with E-state index in [2.05, 4.69) is 6.92 Å². The van der Waals surface area contributed by atoms with Crippen LogP contribution in [0.4, 0.5) is 0 Å². The summed E-state index contributed by atoms with van der Waals surface area (Å²) in [6.45, 7) is 13.8. The number of methoxy groups -OCH3 is 4. The van der Waals surface area contributed by atoms with Crippen LogP contribution in [0.1, 0.15) is 126 Å². The second-order valence-corrected chi connectivity index (χ2v) is 22.1. The second kappa shape index (κ2) is 20.8. The highest BCUT2D eigenvalue weighted by Crippen LogP contribution is 2.71. The summed E-state index contributed by atoms with van der Waals surface area (Å²) in [4.78, 5) is 25.6. The minimum Gasteiger partial charge on any atom is -0.462 e. The van der Waals surface area contributed by atoms with Gasteiger partial charge in [0.25, 0.3) is 0 Å². The lowest BCUT2D eigenvalue weighted by Gasteiger charge is -2.67. The van der Waals surface area contributed by atoms with Crippen LogP contribution in [-0.4, -0.2) is 188 Å². The third-order valence-corrected chi connectivity index (χ3v) is 18.4. The molecular weight excluding hydrogens is 917 g/mol. The zero-order chi connectivity index (χ0) is 50.9. The molecule has 0 amide bonds. The van der Waals surface area contributed by atoms with Crippen LogP contribution < -0.4 is 0 Å². The number of carbonyl (C=O) groups excluding carboxylic acids is 2. The van der Waals surface area contributed by atoms with Crippen LogP contribution in [0.2, 0.25) is 0 Å². The molecule has 0 spiro atoms. The van der Waals surface area contributed by atoms with Crippen molar-refractivity contribution < 1.29 is 91.6 Å². The van der Waals surface area contributed by atoms with E-state index in [-0.39, 0.29) is 44.0 Å². The Morgan fingerprint density at radius 3 is 1.54 bits per heavy atom. The van der Waals surface area contributed by atoms with Crippen molar-refractivity contribution in [1.29, 1.82) is 0 Å². The van der Waals surface area contributed by atoms with Gasteiger partial charge in [0.05, 0.1) is 60.4 Å². The van der Waals surface area contributed by atoms with E-state index >= 15 is 0 Å². The number of hydrogen-bond acceptors (Lipinski definition) is 19. The number of aliphatic hydroxyl groups is 4. The van der Waals surface area contributed by atoms with Gasteiger partial charge in [-0.15, -0.1) is 0 Å². The number of esters is 1. The number of hydrogen-bond donors (Lipinski definition) is 4. The van der Waals surface area contributed by atoms with E-state index in [0.29, 0.717) is 44.9 Å². The summed E-state index contributed by atoms with van der Waals surface area (Å²) in [6, 6.07) is 0. The smallest absolute Gasteiger partial charge is 0.302 e. The van der Waals surface area contributed by atoms with Gasteiger partial charge in [-0.1, -0.05) is 18.6 Å². The highest BCUT2D eigenvalue weighted by molar-refractivity contribution is 5.87. The lowest BCUT2D eigenvalue weighted by atomic mass is 9.42. The maximum absolute atomic E-state index is 13.1. The van der Waals surface area contributed by atoms with Gasteiger partial charge in [-0.05, 0) is 91.9 Å². The Bertz CT molecular complexity index is 1890. The summed E-state index contributed by atoms with van der Waals surface area (Å²) in [5, 5.41) is 47.7. The molecule has 24 atom stereocenters. The van der Waals surface area contributed by atoms with E-state index in [0.717, 1.165) is 5.57 Å². The number of ether oxygens (including phenoxy) is 13. The number of aliphatic hydroxyl groups excluding tert-OH is 1. The van der Waals surface area contributed by atoms with E-state index < -0.39 is 138 Å². The fraction of sp³-hybridized carbons (Fsp3) is 0.922. The molecule has 19 heteroatoms. The van der Waals surface area contributed by atoms with Gasteiger partial charge in [0.15, 0.2) is 30.9 Å². The fourth-order valence-electron chi connectivity index (χ4n) is 14.3. The van der Waals surface area contributed by atoms with Crippen molar-refractivity contribution in [3.63, 3.8) is 0 Å². The molecule has 24 unspecified atom stereocenters. The predicted octanol–water partition coefficient (Wildman–Crippen LogP) is 3.54. The Balaban J connectivity index is 0.862. The molecule has 70 heavy (non-hydrogen) atoms. The molecule has 4 aliphatic heterocycles. The molecule has 4 saturated heterocycles. The molecule has 0 radical (unpaired) electrons. The number of Topliss-reactive ketones (excluding diaryl/α,β-unsaturated/α-hetero) is 1. The molecule has 19 nitrogen and oxygen atoms in total. The van der Waals surface area contributed by atoms with Gasteiger partial charge < -0.3 is 82.0 Å². The summed E-state index contributed by atoms with van der Waals surface area (Å²) < 4.78 is 81.0. The molecule has 3 saturated carbocycles. The number of fused-ring (bicyclic) bond motifs is 5. The van der Waals surface area contributed by atoms with Gasteiger partial charge in [0.2, 0.25) is 0 Å². The SMILES string of the molecule is COC1CC(OC2C(C)OC(OC3C(C)OC(OC4C(C)OC(OC5CCC6(C)C(=CCC7(O)C6CC(OC(C)=O)C6(C)C(O)(C(C)=O)CCC76O)C5)CC4OC)CC3OC)CC2OC)OC(C)C1O. The van der Waals surface area contributed by atoms with E-state index in [1.165, 1.54) is 13.8 Å². The topological polar surface area (TPSA) is 235 Å². The molecular formula is C51H82O19. The Hall–Kier alpha value is -1.76. The van der Waals surface area contributed by atoms with Gasteiger partial charge in [-0.3, -0.25) is 9.59 Å². The minimum absolute atomic E-state index is 0.0177. The lowest BCUT2D eigenvalue weighted by Crippen LogP contribution is -2.78. The first kappa shape index (κ1) is 54.5. The largest absolute Gasteiger partial charge is 0.462 e. The molecule has 0 aromatic rings. The first-order valence-corrected chi connectivity index (χ1v) is 25.6. The van der Waals surface area contributed by atoms with E-state index in [1.807, 2.05) is 26.8 Å². The van der Waals surface area contributed by atoms with Crippen LogP contribution in [0, 0.1) is 16.7 Å². The van der Waals surface area contributed by atoms with Crippen molar-refractivity contribution in [2.75, 3.05) is 28.4 Å². The Labute approximate surface area is 412 Å². The molecule has 7 fully saturated rings. The quantitative estimate of drug-likeness (QED) is 0.144. The molecule has 8 rings (SSSR count). The predicted molar refractivity (Wildman–Crippen MR) is 246 cm³/mol. The lowest BCUT2D eigenvalue weighted by molar-refractivity contribution is -0.347. The highest BCUT2D eigenvalue weighted by atomic mass is 16.8. The molecule has 4 N–H and O–H groups in total. The van der Waals surface area contributed by atoms with Crippen molar-refractivity contribution in [3.8, 4) is 0 Å². The van der Waals surface area contributed by atoms with Gasteiger partial charge in [-0.2, -0.15) is 0 Å². The second-order valence-electron chi connectivity index (χ2n) is 22.1. The van der Waals surface area contributed by atoms with Gasteiger partial charge in [0, 0.05) is 67.0 Å². The average molecular weight is 999 g/mol. The fourth-order valence-corrected chi connectivity index (χ4v) is 14.3. The van der Waals surface area contributed by atoms with Crippen LogP contribution in [0.25, 0.3) is 0 Å². The molecule has 8 aliphatic rings. The summed E-state index contributed by atoms with van der Waals surface area (Å²) >= 11 is 0. The van der Waals surface area contributed by atoms with Crippen LogP contribution in [-0.2, 0) is 71.2 Å². The van der Waals surface area contributed by atoms with Crippen molar-refractivity contribution in [3.05, 3.63) is 11.6 Å². The zero-order valence-corrected chi connectivity index (χ0v) is 43.2. The van der Waals surface area contributed by atoms with E-state index in [9.17, 15) is 30.0 Å². The first-order chi connectivity index (χ1) is 33.0. The number of carbonyl (C=O) groups is 2. The van der Waals surface area contributed by atoms with Crippen molar-refractivity contribution >= 4 is 11.8 Å². The normalized spacial score (nSPS) is 51.7. The third kappa shape index (κ3) is 9.29. The number of ketones is 1. The maximum atomic E-state index is 13.1. The number of rotatable bonds is 14. The Kier molecular flexibility index (Phi) is 16.2. The van der Waals surface area contributed by atoms with Gasteiger partial charge in [0.1, 0.15) is 47.3 Å². The van der Waals surface area contributed by atoms with Crippen molar-refractivity contribution in [2.24, 2.45) is 16.7 Å². The van der Waals surface area contributed by atoms with E-state index in [1.54, 1.807) is 42.3 Å². The monoisotopic (exact) mass is 999 g/mol. The molecule has 4 aliphatic carbocycles. The van der Waals surface area contributed by atoms with Crippen molar-refractivity contribution in [1.82, 2.24) is 0 Å². The molecule has 400 valence electrons. The average Bonchev–Trinajstić information content (AvgIpc) is 3.54. The van der Waals surface area contributed by atoms with Crippen LogP contribution in [0.3, 0.4) is 0 Å². The summed E-state index contributed by atoms with van der Waals surface area (Å²) in [5.74, 6) is -1.64. The van der Waals surface area contributed by atoms with Crippen LogP contribution in [0.5, 0.6) is 0 Å². The molecule has 0 aromatic heterocycles. The Morgan fingerprint density at radius 2 is 1.09 bits per heavy atom. The zero-order valence-electron chi connectivity index (χ0n) is 43.2. The minimum atomic E-state index is -1.98. The standard InChI is InChI=1S/C51H82O19/c1-25-43(54)33(58-9)20-40(62-25)68-45-27(3)64-42(22-35(45)60-11)70-46-28(4)65-41(23-36(46)61-12)69-44-26(2)63-39(21-34(44)59-10)67-32-14-15-47(7)31(19-32)13-16-50(56)37(47)24-38(66-30(6)53)48(8)49(55,29(5)52)17-18-51(48,50)57/h13,25-28,32-46,54-57H,14-24H2,1-12H3.